The van der Waals surface area contributed by atoms with Gasteiger partial charge in [0, 0.05) is 13.1 Å². The number of carboxylic acid groups (broad SMARTS) is 1. The molecule has 0 radical (unpaired) electrons. The number of urea groups is 1. The van der Waals surface area contributed by atoms with Crippen molar-refractivity contribution in [2.75, 3.05) is 19.6 Å². The lowest BCUT2D eigenvalue weighted by Crippen LogP contribution is -2.50. The van der Waals surface area contributed by atoms with Gasteiger partial charge in [-0.15, -0.1) is 0 Å². The van der Waals surface area contributed by atoms with Crippen LogP contribution in [-0.2, 0) is 4.79 Å². The van der Waals surface area contributed by atoms with Crippen LogP contribution in [0.15, 0.2) is 24.3 Å². The fourth-order valence-electron chi connectivity index (χ4n) is 2.93. The maximum Gasteiger partial charge on any atom is 0.317 e. The summed E-state index contributed by atoms with van der Waals surface area (Å²) in [6, 6.07) is 7.52. The highest BCUT2D eigenvalue weighted by Crippen LogP contribution is 2.21. The van der Waals surface area contributed by atoms with E-state index in [1.54, 1.807) is 4.90 Å². The molecule has 1 saturated heterocycles. The number of piperidine rings is 1. The topological polar surface area (TPSA) is 78.9 Å². The van der Waals surface area contributed by atoms with E-state index in [4.69, 9.17) is 4.74 Å². The number of nitrogens with one attached hydrogen (secondary N) is 1. The van der Waals surface area contributed by atoms with E-state index in [-0.39, 0.29) is 24.6 Å². The molecule has 0 bridgehead atoms. The van der Waals surface area contributed by atoms with Crippen LogP contribution in [-0.4, -0.2) is 47.7 Å². The van der Waals surface area contributed by atoms with Crippen molar-refractivity contribution in [3.8, 4) is 5.75 Å². The fourth-order valence-corrected chi connectivity index (χ4v) is 2.93. The van der Waals surface area contributed by atoms with E-state index < -0.39 is 11.9 Å². The number of amides is 2. The van der Waals surface area contributed by atoms with Crippen molar-refractivity contribution in [1.82, 2.24) is 10.2 Å². The van der Waals surface area contributed by atoms with Crippen molar-refractivity contribution in [2.24, 2.45) is 11.8 Å². The zero-order valence-corrected chi connectivity index (χ0v) is 14.5. The Morgan fingerprint density at radius 3 is 2.62 bits per heavy atom. The van der Waals surface area contributed by atoms with Gasteiger partial charge in [-0.05, 0) is 38.3 Å². The van der Waals surface area contributed by atoms with Gasteiger partial charge in [-0.1, -0.05) is 24.6 Å². The summed E-state index contributed by atoms with van der Waals surface area (Å²) < 4.78 is 5.76. The molecule has 3 unspecified atom stereocenters. The predicted octanol–water partition coefficient (Wildman–Crippen LogP) is 2.51. The van der Waals surface area contributed by atoms with Crippen molar-refractivity contribution in [3.05, 3.63) is 29.8 Å². The number of hydrogen-bond donors (Lipinski definition) is 2. The second-order valence-corrected chi connectivity index (χ2v) is 6.71. The summed E-state index contributed by atoms with van der Waals surface area (Å²) in [6.45, 7) is 7.09. The van der Waals surface area contributed by atoms with Gasteiger partial charge in [-0.3, -0.25) is 4.79 Å². The lowest BCUT2D eigenvalue weighted by molar-refractivity contribution is -0.143. The van der Waals surface area contributed by atoms with Crippen LogP contribution in [0.5, 0.6) is 5.75 Å². The number of carboxylic acids is 1. The first-order chi connectivity index (χ1) is 11.3. The van der Waals surface area contributed by atoms with Gasteiger partial charge in [0.25, 0.3) is 0 Å². The average molecular weight is 334 g/mol. The van der Waals surface area contributed by atoms with Crippen LogP contribution < -0.4 is 10.1 Å². The van der Waals surface area contributed by atoms with Crippen molar-refractivity contribution in [3.63, 3.8) is 0 Å². The molecule has 1 heterocycles. The number of likely N-dealkylation sites (tertiary alicyclic amines) is 1. The minimum atomic E-state index is -0.838. The molecule has 0 saturated carbocycles. The number of ether oxygens (including phenoxy) is 1. The minimum absolute atomic E-state index is 0.172. The number of carbonyl (C=O) groups excluding carboxylic acids is 1. The molecule has 1 aliphatic rings. The third-order valence-corrected chi connectivity index (χ3v) is 4.20. The molecule has 6 heteroatoms. The van der Waals surface area contributed by atoms with Crippen molar-refractivity contribution >= 4 is 12.0 Å². The highest BCUT2D eigenvalue weighted by Gasteiger charge is 2.31. The van der Waals surface area contributed by atoms with Crippen molar-refractivity contribution in [1.29, 1.82) is 0 Å². The molecule has 3 atom stereocenters. The summed E-state index contributed by atoms with van der Waals surface area (Å²) >= 11 is 0. The molecule has 0 spiro atoms. The second-order valence-electron chi connectivity index (χ2n) is 6.71. The molecule has 2 N–H and O–H groups in total. The zero-order valence-electron chi connectivity index (χ0n) is 14.5. The molecule has 1 fully saturated rings. The molecule has 2 rings (SSSR count). The van der Waals surface area contributed by atoms with Crippen LogP contribution in [0.4, 0.5) is 4.79 Å². The molecular formula is C18H26N2O4. The Morgan fingerprint density at radius 2 is 2.00 bits per heavy atom. The van der Waals surface area contributed by atoms with E-state index in [1.807, 2.05) is 45.0 Å². The van der Waals surface area contributed by atoms with Gasteiger partial charge in [0.1, 0.15) is 11.9 Å². The third-order valence-electron chi connectivity index (χ3n) is 4.20. The van der Waals surface area contributed by atoms with E-state index in [0.29, 0.717) is 19.5 Å². The first-order valence-corrected chi connectivity index (χ1v) is 8.34. The Morgan fingerprint density at radius 1 is 1.33 bits per heavy atom. The quantitative estimate of drug-likeness (QED) is 0.867. The molecule has 2 amide bonds. The Labute approximate surface area is 142 Å². The molecule has 0 aromatic heterocycles. The number of nitrogens with zero attached hydrogens (tertiary/aromatic N) is 1. The van der Waals surface area contributed by atoms with Crippen LogP contribution in [0.25, 0.3) is 0 Å². The van der Waals surface area contributed by atoms with Gasteiger partial charge in [-0.25, -0.2) is 4.79 Å². The van der Waals surface area contributed by atoms with Gasteiger partial charge < -0.3 is 20.1 Å². The molecule has 24 heavy (non-hydrogen) atoms. The van der Waals surface area contributed by atoms with Gasteiger partial charge in [-0.2, -0.15) is 0 Å². The molecule has 0 aliphatic carbocycles. The van der Waals surface area contributed by atoms with Crippen LogP contribution in [0.1, 0.15) is 25.8 Å². The molecule has 6 nitrogen and oxygen atoms in total. The molecular weight excluding hydrogens is 308 g/mol. The summed E-state index contributed by atoms with van der Waals surface area (Å²) in [5.74, 6) is -0.372. The third kappa shape index (κ3) is 5.15. The zero-order chi connectivity index (χ0) is 17.7. The number of rotatable bonds is 5. The van der Waals surface area contributed by atoms with E-state index in [1.165, 1.54) is 0 Å². The monoisotopic (exact) mass is 334 g/mol. The van der Waals surface area contributed by atoms with E-state index in [0.717, 1.165) is 11.3 Å². The lowest BCUT2D eigenvalue weighted by Gasteiger charge is -2.34. The number of hydrogen-bond acceptors (Lipinski definition) is 3. The molecule has 132 valence electrons. The van der Waals surface area contributed by atoms with Crippen molar-refractivity contribution < 1.29 is 19.4 Å². The maximum absolute atomic E-state index is 12.3. The fraction of sp³-hybridized carbons (Fsp3) is 0.556. The summed E-state index contributed by atoms with van der Waals surface area (Å²) in [5, 5.41) is 12.0. The minimum Gasteiger partial charge on any atom is -0.489 e. The normalized spacial score (nSPS) is 21.9. The van der Waals surface area contributed by atoms with Crippen LogP contribution >= 0.6 is 0 Å². The molecule has 1 aliphatic heterocycles. The average Bonchev–Trinajstić information content (AvgIpc) is 2.54. The summed E-state index contributed by atoms with van der Waals surface area (Å²) in [7, 11) is 0. The SMILES string of the molecule is Cc1ccc(OC(C)CNC(=O)N2CC(C)CC(C(=O)O)C2)cc1. The van der Waals surface area contributed by atoms with Gasteiger partial charge >= 0.3 is 12.0 Å². The van der Waals surface area contributed by atoms with Crippen molar-refractivity contribution in [2.45, 2.75) is 33.3 Å². The maximum atomic E-state index is 12.3. The number of benzene rings is 1. The van der Waals surface area contributed by atoms with Crippen LogP contribution in [0.2, 0.25) is 0 Å². The number of aryl methyl sites for hydroxylation is 1. The highest BCUT2D eigenvalue weighted by molar-refractivity contribution is 5.76. The summed E-state index contributed by atoms with van der Waals surface area (Å²) in [5.41, 5.74) is 1.16. The first-order valence-electron chi connectivity index (χ1n) is 8.34. The van der Waals surface area contributed by atoms with E-state index >= 15 is 0 Å². The largest absolute Gasteiger partial charge is 0.489 e. The van der Waals surface area contributed by atoms with Gasteiger partial charge in [0.15, 0.2) is 0 Å². The Bertz CT molecular complexity index is 573. The second kappa shape index (κ2) is 8.04. The molecule has 1 aromatic rings. The number of aliphatic carboxylic acids is 1. The first kappa shape index (κ1) is 18.1. The van der Waals surface area contributed by atoms with E-state index in [2.05, 4.69) is 5.32 Å². The summed E-state index contributed by atoms with van der Waals surface area (Å²) in [4.78, 5) is 25.1. The Balaban J connectivity index is 1.81. The smallest absolute Gasteiger partial charge is 0.317 e. The van der Waals surface area contributed by atoms with E-state index in [9.17, 15) is 14.7 Å². The Hall–Kier alpha value is -2.24. The molecule has 1 aromatic carbocycles. The summed E-state index contributed by atoms with van der Waals surface area (Å²) in [6.07, 6.45) is 0.445. The number of carbonyl (C=O) groups is 2. The lowest BCUT2D eigenvalue weighted by atomic mass is 9.91. The standard InChI is InChI=1S/C18H26N2O4/c1-12-4-6-16(7-5-12)24-14(3)9-19-18(23)20-10-13(2)8-15(11-20)17(21)22/h4-7,13-15H,8-11H2,1-3H3,(H,19,23)(H,21,22). The predicted molar refractivity (Wildman–Crippen MR) is 91.1 cm³/mol. The van der Waals surface area contributed by atoms with Crippen LogP contribution in [0.3, 0.4) is 0 Å². The van der Waals surface area contributed by atoms with Crippen LogP contribution in [0, 0.1) is 18.8 Å². The Kier molecular flexibility index (Phi) is 6.06. The highest BCUT2D eigenvalue weighted by atomic mass is 16.5. The van der Waals surface area contributed by atoms with Gasteiger partial charge in [0.05, 0.1) is 12.5 Å². The van der Waals surface area contributed by atoms with Gasteiger partial charge in [0.2, 0.25) is 0 Å².